The molecular formula is C22H25N3. The van der Waals surface area contributed by atoms with Gasteiger partial charge >= 0.3 is 0 Å². The van der Waals surface area contributed by atoms with Crippen LogP contribution in [0.25, 0.3) is 0 Å². The Hall–Kier alpha value is -2.39. The molecular weight excluding hydrogens is 306 g/mol. The molecule has 0 saturated carbocycles. The lowest BCUT2D eigenvalue weighted by molar-refractivity contribution is 0.449. The Morgan fingerprint density at radius 1 is 1.04 bits per heavy atom. The van der Waals surface area contributed by atoms with E-state index in [9.17, 15) is 0 Å². The molecule has 0 radical (unpaired) electrons. The highest BCUT2D eigenvalue weighted by Gasteiger charge is 2.23. The van der Waals surface area contributed by atoms with Gasteiger partial charge in [0.25, 0.3) is 0 Å². The van der Waals surface area contributed by atoms with Crippen molar-refractivity contribution in [3.05, 3.63) is 88.7 Å². The minimum atomic E-state index is 0.412. The Morgan fingerprint density at radius 3 is 2.64 bits per heavy atom. The van der Waals surface area contributed by atoms with Crippen LogP contribution in [0.4, 0.5) is 0 Å². The van der Waals surface area contributed by atoms with E-state index in [2.05, 4.69) is 82.8 Å². The topological polar surface area (TPSA) is 29.9 Å². The van der Waals surface area contributed by atoms with Crippen LogP contribution in [0.2, 0.25) is 0 Å². The van der Waals surface area contributed by atoms with E-state index in [1.54, 1.807) is 0 Å². The van der Waals surface area contributed by atoms with Crippen LogP contribution in [0.5, 0.6) is 0 Å². The fourth-order valence-corrected chi connectivity index (χ4v) is 3.67. The summed E-state index contributed by atoms with van der Waals surface area (Å²) in [6, 6.07) is 19.8. The van der Waals surface area contributed by atoms with Crippen LogP contribution in [-0.2, 0) is 19.5 Å². The van der Waals surface area contributed by atoms with Gasteiger partial charge in [-0.1, -0.05) is 60.2 Å². The summed E-state index contributed by atoms with van der Waals surface area (Å²) in [6.07, 6.45) is 5.62. The molecule has 3 heteroatoms. The minimum Gasteiger partial charge on any atom is -0.306 e. The number of nitrogens with zero attached hydrogens (tertiary/aromatic N) is 2. The Morgan fingerprint density at radius 2 is 1.84 bits per heavy atom. The Bertz CT molecular complexity index is 818. The van der Waals surface area contributed by atoms with Gasteiger partial charge < -0.3 is 5.32 Å². The first-order valence-electron chi connectivity index (χ1n) is 9.17. The van der Waals surface area contributed by atoms with E-state index in [4.69, 9.17) is 0 Å². The second kappa shape index (κ2) is 7.24. The van der Waals surface area contributed by atoms with E-state index in [-0.39, 0.29) is 0 Å². The van der Waals surface area contributed by atoms with Gasteiger partial charge in [-0.25, -0.2) is 0 Å². The van der Waals surface area contributed by atoms with Crippen LogP contribution in [0, 0.1) is 6.92 Å². The zero-order valence-corrected chi connectivity index (χ0v) is 14.8. The van der Waals surface area contributed by atoms with Gasteiger partial charge in [-0.05, 0) is 37.3 Å². The van der Waals surface area contributed by atoms with E-state index >= 15 is 0 Å². The van der Waals surface area contributed by atoms with Crippen LogP contribution in [0.15, 0.2) is 60.8 Å². The van der Waals surface area contributed by atoms with Crippen molar-refractivity contribution in [3.8, 4) is 0 Å². The maximum Gasteiger partial charge on any atom is 0.0662 e. The maximum absolute atomic E-state index is 4.69. The normalized spacial score (nSPS) is 16.6. The highest BCUT2D eigenvalue weighted by atomic mass is 15.3. The molecule has 1 heterocycles. The predicted octanol–water partition coefficient (Wildman–Crippen LogP) is 4.41. The van der Waals surface area contributed by atoms with Crippen molar-refractivity contribution in [1.29, 1.82) is 0 Å². The van der Waals surface area contributed by atoms with Crippen molar-refractivity contribution < 1.29 is 0 Å². The van der Waals surface area contributed by atoms with E-state index in [0.717, 1.165) is 19.5 Å². The first kappa shape index (κ1) is 16.1. The fourth-order valence-electron chi connectivity index (χ4n) is 3.67. The lowest BCUT2D eigenvalue weighted by Gasteiger charge is -2.24. The van der Waals surface area contributed by atoms with Crippen LogP contribution >= 0.6 is 0 Å². The minimum absolute atomic E-state index is 0.412. The van der Waals surface area contributed by atoms with E-state index in [1.807, 2.05) is 0 Å². The zero-order chi connectivity index (χ0) is 17.1. The van der Waals surface area contributed by atoms with E-state index < -0.39 is 0 Å². The molecule has 1 aromatic heterocycles. The van der Waals surface area contributed by atoms with Gasteiger partial charge in [0.2, 0.25) is 0 Å². The molecule has 1 unspecified atom stereocenters. The molecule has 1 aliphatic carbocycles. The number of fused-ring (bicyclic) bond motifs is 1. The summed E-state index contributed by atoms with van der Waals surface area (Å²) >= 11 is 0. The standard InChI is InChI=1S/C22H25N3/c1-17-10-12-18(13-11-17)14-23-21-8-5-9-22-20(21)15-24-25(22)16-19-6-3-2-4-7-19/h2-4,6-7,10-13,15,21,23H,5,8-9,14,16H2,1H3. The summed E-state index contributed by atoms with van der Waals surface area (Å²) in [6.45, 7) is 3.90. The summed E-state index contributed by atoms with van der Waals surface area (Å²) in [4.78, 5) is 0. The van der Waals surface area contributed by atoms with Crippen molar-refractivity contribution >= 4 is 0 Å². The molecule has 3 nitrogen and oxygen atoms in total. The highest BCUT2D eigenvalue weighted by Crippen LogP contribution is 2.30. The smallest absolute Gasteiger partial charge is 0.0662 e. The molecule has 128 valence electrons. The first-order chi connectivity index (χ1) is 12.3. The molecule has 1 N–H and O–H groups in total. The zero-order valence-electron chi connectivity index (χ0n) is 14.8. The molecule has 0 saturated heterocycles. The lowest BCUT2D eigenvalue weighted by atomic mass is 9.92. The van der Waals surface area contributed by atoms with Gasteiger partial charge in [0, 0.05) is 23.8 Å². The van der Waals surface area contributed by atoms with Gasteiger partial charge in [-0.3, -0.25) is 4.68 Å². The molecule has 0 fully saturated rings. The lowest BCUT2D eigenvalue weighted by Crippen LogP contribution is -2.25. The maximum atomic E-state index is 4.69. The largest absolute Gasteiger partial charge is 0.306 e. The van der Waals surface area contributed by atoms with Gasteiger partial charge in [0.1, 0.15) is 0 Å². The number of hydrogen-bond acceptors (Lipinski definition) is 2. The Labute approximate surface area is 149 Å². The van der Waals surface area contributed by atoms with E-state index in [1.165, 1.54) is 40.8 Å². The predicted molar refractivity (Wildman–Crippen MR) is 101 cm³/mol. The van der Waals surface area contributed by atoms with Crippen LogP contribution in [0.3, 0.4) is 0 Å². The van der Waals surface area contributed by atoms with Crippen LogP contribution < -0.4 is 5.32 Å². The molecule has 0 spiro atoms. The summed E-state index contributed by atoms with van der Waals surface area (Å²) in [7, 11) is 0. The van der Waals surface area contributed by atoms with Crippen LogP contribution in [-0.4, -0.2) is 9.78 Å². The second-order valence-corrected chi connectivity index (χ2v) is 7.00. The third-order valence-corrected chi connectivity index (χ3v) is 5.11. The molecule has 0 bridgehead atoms. The first-order valence-corrected chi connectivity index (χ1v) is 9.17. The van der Waals surface area contributed by atoms with Gasteiger partial charge in [0.05, 0.1) is 12.7 Å². The molecule has 4 rings (SSSR count). The SMILES string of the molecule is Cc1ccc(CNC2CCCc3c2cnn3Cc2ccccc2)cc1. The highest BCUT2D eigenvalue weighted by molar-refractivity contribution is 5.27. The van der Waals surface area contributed by atoms with Gasteiger partial charge in [-0.15, -0.1) is 0 Å². The monoisotopic (exact) mass is 331 g/mol. The fraction of sp³-hybridized carbons (Fsp3) is 0.318. The summed E-state index contributed by atoms with van der Waals surface area (Å²) in [5.41, 5.74) is 6.74. The molecule has 0 amide bonds. The Balaban J connectivity index is 1.47. The average Bonchev–Trinajstić information content (AvgIpc) is 3.06. The second-order valence-electron chi connectivity index (χ2n) is 7.00. The third-order valence-electron chi connectivity index (χ3n) is 5.11. The number of aryl methyl sites for hydroxylation is 1. The van der Waals surface area contributed by atoms with Crippen molar-refractivity contribution in [1.82, 2.24) is 15.1 Å². The quantitative estimate of drug-likeness (QED) is 0.750. The molecule has 0 aliphatic heterocycles. The molecule has 3 aromatic rings. The third kappa shape index (κ3) is 3.67. The van der Waals surface area contributed by atoms with Crippen molar-refractivity contribution in [2.24, 2.45) is 0 Å². The summed E-state index contributed by atoms with van der Waals surface area (Å²) < 4.78 is 2.18. The number of aromatic nitrogens is 2. The van der Waals surface area contributed by atoms with Crippen molar-refractivity contribution in [3.63, 3.8) is 0 Å². The number of benzene rings is 2. The van der Waals surface area contributed by atoms with Crippen molar-refractivity contribution in [2.45, 2.75) is 45.3 Å². The summed E-state index contributed by atoms with van der Waals surface area (Å²) in [5, 5.41) is 8.42. The average molecular weight is 331 g/mol. The summed E-state index contributed by atoms with van der Waals surface area (Å²) in [5.74, 6) is 0. The molecule has 25 heavy (non-hydrogen) atoms. The number of hydrogen-bond donors (Lipinski definition) is 1. The van der Waals surface area contributed by atoms with Gasteiger partial charge in [-0.2, -0.15) is 5.10 Å². The molecule has 1 aliphatic rings. The van der Waals surface area contributed by atoms with Crippen molar-refractivity contribution in [2.75, 3.05) is 0 Å². The van der Waals surface area contributed by atoms with Crippen LogP contribution in [0.1, 0.15) is 46.8 Å². The molecule has 2 aromatic carbocycles. The van der Waals surface area contributed by atoms with E-state index in [0.29, 0.717) is 6.04 Å². The molecule has 1 atom stereocenters. The number of rotatable bonds is 5. The number of nitrogens with one attached hydrogen (secondary N) is 1. The Kier molecular flexibility index (Phi) is 4.66. The van der Waals surface area contributed by atoms with Gasteiger partial charge in [0.15, 0.2) is 0 Å².